The Morgan fingerprint density at radius 2 is 1.94 bits per heavy atom. The van der Waals surface area contributed by atoms with Gasteiger partial charge in [0.1, 0.15) is 11.9 Å². The zero-order chi connectivity index (χ0) is 25.5. The van der Waals surface area contributed by atoms with Gasteiger partial charge in [0.15, 0.2) is 17.3 Å². The maximum atomic E-state index is 12.9. The van der Waals surface area contributed by atoms with Crippen LogP contribution >= 0.6 is 0 Å². The van der Waals surface area contributed by atoms with Crippen molar-refractivity contribution in [3.63, 3.8) is 0 Å². The van der Waals surface area contributed by atoms with Crippen LogP contribution in [0, 0.1) is 0 Å². The van der Waals surface area contributed by atoms with Gasteiger partial charge in [-0.1, -0.05) is 30.3 Å². The molecule has 3 aromatic rings. The Kier molecular flexibility index (Phi) is 7.92. The Morgan fingerprint density at radius 3 is 2.72 bits per heavy atom. The molecule has 1 aliphatic rings. The van der Waals surface area contributed by atoms with E-state index in [1.165, 1.54) is 18.3 Å². The molecule has 0 aliphatic carbocycles. The Balaban J connectivity index is 1.39. The molecule has 10 heteroatoms. The highest BCUT2D eigenvalue weighted by Crippen LogP contribution is 2.31. The zero-order valence-electron chi connectivity index (χ0n) is 19.8. The summed E-state index contributed by atoms with van der Waals surface area (Å²) >= 11 is 0. The summed E-state index contributed by atoms with van der Waals surface area (Å²) in [4.78, 5) is 23.2. The third-order valence-corrected chi connectivity index (χ3v) is 5.65. The second-order valence-electron chi connectivity index (χ2n) is 8.39. The van der Waals surface area contributed by atoms with Crippen molar-refractivity contribution in [3.8, 4) is 11.5 Å². The van der Waals surface area contributed by atoms with Crippen LogP contribution in [-0.2, 0) is 17.4 Å². The first-order chi connectivity index (χ1) is 17.3. The maximum Gasteiger partial charge on any atom is 0.416 e. The molecule has 0 saturated carbocycles. The number of nitrogens with zero attached hydrogens (tertiary/aromatic N) is 3. The van der Waals surface area contributed by atoms with Gasteiger partial charge in [-0.25, -0.2) is 4.98 Å². The highest BCUT2D eigenvalue weighted by atomic mass is 19.4. The molecule has 0 radical (unpaired) electrons. The van der Waals surface area contributed by atoms with Crippen molar-refractivity contribution in [1.29, 1.82) is 0 Å². The van der Waals surface area contributed by atoms with Crippen LogP contribution in [0.15, 0.2) is 60.9 Å². The van der Waals surface area contributed by atoms with E-state index in [9.17, 15) is 18.0 Å². The number of piperidine rings is 1. The number of amides is 1. The van der Waals surface area contributed by atoms with Crippen molar-refractivity contribution < 1.29 is 27.4 Å². The van der Waals surface area contributed by atoms with E-state index in [0.29, 0.717) is 30.5 Å². The van der Waals surface area contributed by atoms with Crippen LogP contribution in [0.2, 0.25) is 0 Å². The van der Waals surface area contributed by atoms with Crippen molar-refractivity contribution in [2.24, 2.45) is 0 Å². The minimum Gasteiger partial charge on any atom is -0.490 e. The molecule has 7 nitrogen and oxygen atoms in total. The molecular weight excluding hydrogens is 473 g/mol. The van der Waals surface area contributed by atoms with Crippen LogP contribution in [0.25, 0.3) is 0 Å². The van der Waals surface area contributed by atoms with Gasteiger partial charge >= 0.3 is 6.18 Å². The first kappa shape index (κ1) is 25.3. The van der Waals surface area contributed by atoms with E-state index in [1.807, 2.05) is 36.1 Å². The fourth-order valence-corrected chi connectivity index (χ4v) is 4.04. The predicted molar refractivity (Wildman–Crippen MR) is 129 cm³/mol. The SMILES string of the molecule is CCOc1ccccc1O[C@@H]1CCCN(c2cncc(NC(=O)Cc3cccc(C(F)(F)F)c3)n2)C1. The smallest absolute Gasteiger partial charge is 0.416 e. The molecule has 1 fully saturated rings. The molecule has 0 bridgehead atoms. The normalized spacial score (nSPS) is 15.9. The molecule has 2 heterocycles. The van der Waals surface area contributed by atoms with E-state index in [0.717, 1.165) is 31.5 Å². The number of rotatable bonds is 8. The third-order valence-electron chi connectivity index (χ3n) is 5.65. The summed E-state index contributed by atoms with van der Waals surface area (Å²) in [5.74, 6) is 1.72. The van der Waals surface area contributed by atoms with E-state index >= 15 is 0 Å². The topological polar surface area (TPSA) is 76.6 Å². The summed E-state index contributed by atoms with van der Waals surface area (Å²) in [7, 11) is 0. The number of nitrogens with one attached hydrogen (secondary N) is 1. The Hall–Kier alpha value is -3.82. The summed E-state index contributed by atoms with van der Waals surface area (Å²) in [5.41, 5.74) is -0.532. The van der Waals surface area contributed by atoms with Gasteiger partial charge < -0.3 is 19.7 Å². The standard InChI is InChI=1S/C26H27F3N4O3/c1-2-35-21-10-3-4-11-22(21)36-20-9-6-12-33(17-20)24-16-30-15-23(31-24)32-25(34)14-18-7-5-8-19(13-18)26(27,28)29/h3-5,7-8,10-11,13,15-16,20H,2,6,9,12,14,17H2,1H3,(H,31,32,34)/t20-/m1/s1. The summed E-state index contributed by atoms with van der Waals surface area (Å²) in [6.07, 6.45) is 0.0131. The number of benzene rings is 2. The van der Waals surface area contributed by atoms with E-state index < -0.39 is 17.6 Å². The molecule has 1 atom stereocenters. The average molecular weight is 501 g/mol. The van der Waals surface area contributed by atoms with Gasteiger partial charge in [-0.3, -0.25) is 9.78 Å². The van der Waals surface area contributed by atoms with Crippen LogP contribution in [-0.4, -0.2) is 41.7 Å². The second kappa shape index (κ2) is 11.3. The van der Waals surface area contributed by atoms with Crippen molar-refractivity contribution >= 4 is 17.5 Å². The van der Waals surface area contributed by atoms with Gasteiger partial charge in [-0.15, -0.1) is 0 Å². The Bertz CT molecular complexity index is 1190. The number of para-hydroxylation sites is 2. The lowest BCUT2D eigenvalue weighted by atomic mass is 10.1. The monoisotopic (exact) mass is 500 g/mol. The van der Waals surface area contributed by atoms with Crippen LogP contribution in [0.5, 0.6) is 11.5 Å². The molecule has 0 spiro atoms. The molecule has 2 aromatic carbocycles. The minimum atomic E-state index is -4.46. The van der Waals surface area contributed by atoms with E-state index in [-0.39, 0.29) is 23.9 Å². The molecule has 1 amide bonds. The molecular formula is C26H27F3N4O3. The van der Waals surface area contributed by atoms with Crippen molar-refractivity contribution in [3.05, 3.63) is 72.1 Å². The summed E-state index contributed by atoms with van der Waals surface area (Å²) in [5, 5.41) is 2.63. The fraction of sp³-hybridized carbons (Fsp3) is 0.346. The minimum absolute atomic E-state index is 0.0821. The van der Waals surface area contributed by atoms with Crippen molar-refractivity contribution in [2.75, 3.05) is 29.9 Å². The molecule has 0 unspecified atom stereocenters. The molecule has 1 N–H and O–H groups in total. The van der Waals surface area contributed by atoms with Crippen LogP contribution in [0.4, 0.5) is 24.8 Å². The predicted octanol–water partition coefficient (Wildman–Crippen LogP) is 5.12. The zero-order valence-corrected chi connectivity index (χ0v) is 19.8. The number of halogens is 3. The lowest BCUT2D eigenvalue weighted by molar-refractivity contribution is -0.137. The quantitative estimate of drug-likeness (QED) is 0.463. The lowest BCUT2D eigenvalue weighted by Crippen LogP contribution is -2.41. The summed E-state index contributed by atoms with van der Waals surface area (Å²) in [6.45, 7) is 3.79. The van der Waals surface area contributed by atoms with Gasteiger partial charge in [-0.2, -0.15) is 13.2 Å². The number of alkyl halides is 3. The van der Waals surface area contributed by atoms with E-state index in [2.05, 4.69) is 15.3 Å². The van der Waals surface area contributed by atoms with Gasteiger partial charge in [0, 0.05) is 6.54 Å². The number of carbonyl (C=O) groups excluding carboxylic acids is 1. The van der Waals surface area contributed by atoms with E-state index in [4.69, 9.17) is 9.47 Å². The van der Waals surface area contributed by atoms with Crippen LogP contribution in [0.3, 0.4) is 0 Å². The number of ether oxygens (including phenoxy) is 2. The number of hydrogen-bond donors (Lipinski definition) is 1. The molecule has 1 aromatic heterocycles. The maximum absolute atomic E-state index is 12.9. The van der Waals surface area contributed by atoms with Gasteiger partial charge in [0.2, 0.25) is 5.91 Å². The summed E-state index contributed by atoms with van der Waals surface area (Å²) < 4.78 is 50.7. The van der Waals surface area contributed by atoms with Crippen LogP contribution in [0.1, 0.15) is 30.9 Å². The highest BCUT2D eigenvalue weighted by molar-refractivity contribution is 5.91. The fourth-order valence-electron chi connectivity index (χ4n) is 4.04. The van der Waals surface area contributed by atoms with Crippen LogP contribution < -0.4 is 19.7 Å². The first-order valence-electron chi connectivity index (χ1n) is 11.7. The molecule has 36 heavy (non-hydrogen) atoms. The third kappa shape index (κ3) is 6.65. The first-order valence-corrected chi connectivity index (χ1v) is 11.7. The lowest BCUT2D eigenvalue weighted by Gasteiger charge is -2.33. The number of aromatic nitrogens is 2. The number of carbonyl (C=O) groups is 1. The molecule has 190 valence electrons. The average Bonchev–Trinajstić information content (AvgIpc) is 2.85. The summed E-state index contributed by atoms with van der Waals surface area (Å²) in [6, 6.07) is 12.3. The van der Waals surface area contributed by atoms with Gasteiger partial charge in [0.25, 0.3) is 0 Å². The largest absolute Gasteiger partial charge is 0.490 e. The Labute approximate surface area is 207 Å². The number of hydrogen-bond acceptors (Lipinski definition) is 6. The van der Waals surface area contributed by atoms with Gasteiger partial charge in [0.05, 0.1) is 37.5 Å². The van der Waals surface area contributed by atoms with Crippen molar-refractivity contribution in [2.45, 2.75) is 38.5 Å². The molecule has 4 rings (SSSR count). The molecule has 1 aliphatic heterocycles. The Morgan fingerprint density at radius 1 is 1.14 bits per heavy atom. The number of anilines is 2. The van der Waals surface area contributed by atoms with E-state index in [1.54, 1.807) is 6.20 Å². The second-order valence-corrected chi connectivity index (χ2v) is 8.39. The molecule has 1 saturated heterocycles. The van der Waals surface area contributed by atoms with Crippen molar-refractivity contribution in [1.82, 2.24) is 9.97 Å². The highest BCUT2D eigenvalue weighted by Gasteiger charge is 2.30. The van der Waals surface area contributed by atoms with Gasteiger partial charge in [-0.05, 0) is 43.5 Å².